The molecule has 1 N–H and O–H groups in total. The molecular formula is C24H26ClN6OS-. The summed E-state index contributed by atoms with van der Waals surface area (Å²) in [6.45, 7) is 4.40. The molecule has 0 saturated carbocycles. The average molecular weight is 482 g/mol. The lowest BCUT2D eigenvalue weighted by Crippen LogP contribution is -3.00. The van der Waals surface area contributed by atoms with Gasteiger partial charge < -0.3 is 22.4 Å². The summed E-state index contributed by atoms with van der Waals surface area (Å²) in [5, 5.41) is 24.5. The van der Waals surface area contributed by atoms with Gasteiger partial charge in [-0.15, -0.1) is 16.4 Å². The van der Waals surface area contributed by atoms with Crippen LogP contribution in [0.4, 0.5) is 5.69 Å². The van der Waals surface area contributed by atoms with Crippen molar-refractivity contribution in [3.63, 3.8) is 0 Å². The molecule has 33 heavy (non-hydrogen) atoms. The third kappa shape index (κ3) is 5.35. The molecule has 1 saturated heterocycles. The van der Waals surface area contributed by atoms with Crippen molar-refractivity contribution in [1.29, 1.82) is 0 Å². The molecule has 0 aliphatic carbocycles. The summed E-state index contributed by atoms with van der Waals surface area (Å²) in [6, 6.07) is 22.2. The van der Waals surface area contributed by atoms with Gasteiger partial charge in [-0.25, -0.2) is 4.68 Å². The predicted molar refractivity (Wildman–Crippen MR) is 126 cm³/mol. The molecule has 0 amide bonds. The minimum Gasteiger partial charge on any atom is -1.00 e. The Morgan fingerprint density at radius 3 is 2.36 bits per heavy atom. The van der Waals surface area contributed by atoms with Gasteiger partial charge in [0.15, 0.2) is 5.82 Å². The highest BCUT2D eigenvalue weighted by Crippen LogP contribution is 2.32. The fourth-order valence-corrected chi connectivity index (χ4v) is 5.12. The van der Waals surface area contributed by atoms with E-state index in [9.17, 15) is 5.11 Å². The van der Waals surface area contributed by atoms with E-state index in [4.69, 9.17) is 0 Å². The van der Waals surface area contributed by atoms with E-state index in [1.807, 2.05) is 22.9 Å². The van der Waals surface area contributed by atoms with Gasteiger partial charge in [0, 0.05) is 43.3 Å². The van der Waals surface area contributed by atoms with Crippen molar-refractivity contribution in [3.05, 3.63) is 88.4 Å². The van der Waals surface area contributed by atoms with Gasteiger partial charge >= 0.3 is 0 Å². The van der Waals surface area contributed by atoms with E-state index in [1.165, 1.54) is 10.4 Å². The maximum Gasteiger partial charge on any atom is 0.173 e. The summed E-state index contributed by atoms with van der Waals surface area (Å²) in [4.78, 5) is 6.10. The number of aryl methyl sites for hydroxylation is 2. The molecule has 0 radical (unpaired) electrons. The van der Waals surface area contributed by atoms with Gasteiger partial charge in [0.25, 0.3) is 0 Å². The Bertz CT molecular complexity index is 1110. The van der Waals surface area contributed by atoms with Crippen molar-refractivity contribution in [3.8, 4) is 5.75 Å². The molecule has 1 atom stereocenters. The van der Waals surface area contributed by atoms with E-state index < -0.39 is 0 Å². The van der Waals surface area contributed by atoms with Crippen LogP contribution < -0.4 is 17.3 Å². The number of tetrazole rings is 1. The second kappa shape index (κ2) is 10.8. The lowest BCUT2D eigenvalue weighted by molar-refractivity contribution is -0.00000749. The summed E-state index contributed by atoms with van der Waals surface area (Å²) >= 11 is 1.75. The van der Waals surface area contributed by atoms with E-state index in [2.05, 4.69) is 67.1 Å². The molecular weight excluding hydrogens is 456 g/mol. The molecule has 5 rings (SSSR count). The van der Waals surface area contributed by atoms with Gasteiger partial charge in [-0.2, -0.15) is 0 Å². The first kappa shape index (κ1) is 23.2. The number of phenols is 1. The highest BCUT2D eigenvalue weighted by atomic mass is 35.5. The number of halogens is 1. The lowest BCUT2D eigenvalue weighted by Gasteiger charge is -2.39. The minimum absolute atomic E-state index is 0. The molecule has 1 unspecified atom stereocenters. The second-order valence-electron chi connectivity index (χ2n) is 7.95. The van der Waals surface area contributed by atoms with E-state index >= 15 is 0 Å². The zero-order valence-corrected chi connectivity index (χ0v) is 19.7. The van der Waals surface area contributed by atoms with E-state index in [-0.39, 0.29) is 18.4 Å². The van der Waals surface area contributed by atoms with Gasteiger partial charge in [0.2, 0.25) is 0 Å². The molecule has 7 nitrogen and oxygen atoms in total. The van der Waals surface area contributed by atoms with Crippen molar-refractivity contribution in [1.82, 2.24) is 25.1 Å². The Kier molecular flexibility index (Phi) is 7.59. The molecule has 2 aromatic carbocycles. The standard InChI is InChI=1S/C24H26N6OS.ClH/c31-21-10-8-20(9-11-21)28-14-16-29(17-15-28)23(22-7-4-18-32-22)24-25-26-27-30(24)13-12-19-5-2-1-3-6-19;/h1-11,18,23,31H,12-17H2;1H/p-1. The molecule has 0 bridgehead atoms. The SMILES string of the molecule is Oc1ccc(N2CCN(C(c3cccs3)c3nnnn3CCc3ccccc3)CC2)cc1.[Cl-]. The van der Waals surface area contributed by atoms with Crippen molar-refractivity contribution in [2.75, 3.05) is 31.1 Å². The molecule has 0 spiro atoms. The minimum atomic E-state index is 0. The van der Waals surface area contributed by atoms with Crippen LogP contribution in [0.25, 0.3) is 0 Å². The number of anilines is 1. The topological polar surface area (TPSA) is 70.3 Å². The third-order valence-electron chi connectivity index (χ3n) is 5.97. The van der Waals surface area contributed by atoms with Crippen LogP contribution >= 0.6 is 11.3 Å². The van der Waals surface area contributed by atoms with Crippen molar-refractivity contribution < 1.29 is 17.5 Å². The molecule has 172 valence electrons. The van der Waals surface area contributed by atoms with Crippen LogP contribution in [0.3, 0.4) is 0 Å². The molecule has 3 heterocycles. The first-order chi connectivity index (χ1) is 15.8. The van der Waals surface area contributed by atoms with E-state index in [0.717, 1.165) is 50.7 Å². The number of phenolic OH excluding ortho intramolecular Hbond substituents is 1. The fourth-order valence-electron chi connectivity index (χ4n) is 4.27. The quantitative estimate of drug-likeness (QED) is 0.417. The summed E-state index contributed by atoms with van der Waals surface area (Å²) in [6.07, 6.45) is 0.894. The predicted octanol–water partition coefficient (Wildman–Crippen LogP) is 0.599. The van der Waals surface area contributed by atoms with Gasteiger partial charge in [-0.05, 0) is 58.1 Å². The molecule has 2 aromatic heterocycles. The van der Waals surface area contributed by atoms with Crippen LogP contribution in [0.5, 0.6) is 5.75 Å². The second-order valence-corrected chi connectivity index (χ2v) is 8.93. The maximum atomic E-state index is 9.58. The number of rotatable bonds is 7. The Morgan fingerprint density at radius 2 is 1.67 bits per heavy atom. The first-order valence-electron chi connectivity index (χ1n) is 10.9. The number of hydrogen-bond acceptors (Lipinski definition) is 7. The van der Waals surface area contributed by atoms with Crippen LogP contribution in [0, 0.1) is 0 Å². The van der Waals surface area contributed by atoms with Gasteiger partial charge in [-0.1, -0.05) is 36.4 Å². The van der Waals surface area contributed by atoms with E-state index in [1.54, 1.807) is 23.5 Å². The number of nitrogens with zero attached hydrogens (tertiary/aromatic N) is 6. The normalized spacial score (nSPS) is 15.2. The Hall–Kier alpha value is -2.94. The molecule has 1 aliphatic heterocycles. The van der Waals surface area contributed by atoms with Crippen LogP contribution in [-0.4, -0.2) is 56.4 Å². The third-order valence-corrected chi connectivity index (χ3v) is 6.89. The number of aromatic nitrogens is 4. The average Bonchev–Trinajstić information content (AvgIpc) is 3.53. The zero-order chi connectivity index (χ0) is 21.8. The number of benzene rings is 2. The fraction of sp³-hybridized carbons (Fsp3) is 0.292. The van der Waals surface area contributed by atoms with Crippen LogP contribution in [0.1, 0.15) is 22.3 Å². The van der Waals surface area contributed by atoms with Crippen molar-refractivity contribution in [2.24, 2.45) is 0 Å². The monoisotopic (exact) mass is 481 g/mol. The highest BCUT2D eigenvalue weighted by molar-refractivity contribution is 7.10. The Balaban J connectivity index is 0.00000259. The molecule has 4 aromatic rings. The van der Waals surface area contributed by atoms with Crippen LogP contribution in [-0.2, 0) is 13.0 Å². The number of aromatic hydroxyl groups is 1. The Labute approximate surface area is 203 Å². The zero-order valence-electron chi connectivity index (χ0n) is 18.2. The van der Waals surface area contributed by atoms with Crippen LogP contribution in [0.2, 0.25) is 0 Å². The highest BCUT2D eigenvalue weighted by Gasteiger charge is 2.31. The summed E-state index contributed by atoms with van der Waals surface area (Å²) in [5.41, 5.74) is 2.42. The summed E-state index contributed by atoms with van der Waals surface area (Å²) in [7, 11) is 0. The number of piperazine rings is 1. The molecule has 1 aliphatic rings. The maximum absolute atomic E-state index is 9.58. The first-order valence-corrected chi connectivity index (χ1v) is 11.8. The smallest absolute Gasteiger partial charge is 0.173 e. The summed E-state index contributed by atoms with van der Waals surface area (Å²) in [5.74, 6) is 1.20. The van der Waals surface area contributed by atoms with Gasteiger partial charge in [0.1, 0.15) is 11.8 Å². The number of thiophene rings is 1. The van der Waals surface area contributed by atoms with Gasteiger partial charge in [0.05, 0.1) is 0 Å². The van der Waals surface area contributed by atoms with E-state index in [0.29, 0.717) is 5.75 Å². The van der Waals surface area contributed by atoms with Crippen LogP contribution in [0.15, 0.2) is 72.1 Å². The number of hydrogen-bond donors (Lipinski definition) is 1. The van der Waals surface area contributed by atoms with Crippen molar-refractivity contribution in [2.45, 2.75) is 19.0 Å². The Morgan fingerprint density at radius 1 is 0.909 bits per heavy atom. The lowest BCUT2D eigenvalue weighted by atomic mass is 10.1. The van der Waals surface area contributed by atoms with Crippen molar-refractivity contribution >= 4 is 17.0 Å². The largest absolute Gasteiger partial charge is 1.00 e. The molecule has 1 fully saturated rings. The summed E-state index contributed by atoms with van der Waals surface area (Å²) < 4.78 is 1.96. The van der Waals surface area contributed by atoms with Gasteiger partial charge in [-0.3, -0.25) is 4.90 Å². The molecule has 9 heteroatoms.